The van der Waals surface area contributed by atoms with Crippen molar-refractivity contribution in [2.45, 2.75) is 11.3 Å². The molecule has 27 heavy (non-hydrogen) atoms. The van der Waals surface area contributed by atoms with Crippen molar-refractivity contribution < 1.29 is 9.59 Å². The zero-order chi connectivity index (χ0) is 18.9. The average molecular weight is 380 g/mol. The third kappa shape index (κ3) is 6.00. The van der Waals surface area contributed by atoms with Gasteiger partial charge in [-0.15, -0.1) is 11.8 Å². The summed E-state index contributed by atoms with van der Waals surface area (Å²) < 4.78 is 1.74. The number of carbonyl (C=O) groups is 2. The molecule has 3 aromatic rings. The Kier molecular flexibility index (Phi) is 6.65. The van der Waals surface area contributed by atoms with Crippen molar-refractivity contribution in [3.05, 3.63) is 73.1 Å². The molecule has 2 aromatic carbocycles. The van der Waals surface area contributed by atoms with E-state index in [1.165, 1.54) is 0 Å². The van der Waals surface area contributed by atoms with Crippen LogP contribution in [-0.4, -0.2) is 33.9 Å². The zero-order valence-electron chi connectivity index (χ0n) is 14.7. The molecule has 3 rings (SSSR count). The lowest BCUT2D eigenvalue weighted by Crippen LogP contribution is -2.32. The van der Waals surface area contributed by atoms with Crippen LogP contribution in [0.15, 0.2) is 78.0 Å². The van der Waals surface area contributed by atoms with Crippen LogP contribution in [0.2, 0.25) is 0 Å². The maximum absolute atomic E-state index is 12.0. The molecule has 0 fully saturated rings. The number of thioether (sulfide) groups is 1. The molecule has 0 saturated carbocycles. The molecular weight excluding hydrogens is 360 g/mol. The maximum Gasteiger partial charge on any atom is 0.243 e. The van der Waals surface area contributed by atoms with Crippen molar-refractivity contribution in [3.8, 4) is 5.69 Å². The molecule has 0 aliphatic carbocycles. The summed E-state index contributed by atoms with van der Waals surface area (Å²) in [6.45, 7) is -0.0459. The molecule has 0 atom stereocenters. The Morgan fingerprint density at radius 3 is 2.44 bits per heavy atom. The highest BCUT2D eigenvalue weighted by atomic mass is 32.2. The van der Waals surface area contributed by atoms with Crippen LogP contribution in [-0.2, 0) is 9.59 Å². The lowest BCUT2D eigenvalue weighted by Gasteiger charge is -2.08. The van der Waals surface area contributed by atoms with Gasteiger partial charge in [0.15, 0.2) is 0 Å². The SMILES string of the molecule is O=C(CCSc1ccccc1)NCC(=O)Nc1ccc(-n2cccn2)cc1. The summed E-state index contributed by atoms with van der Waals surface area (Å²) in [5.74, 6) is 0.278. The first kappa shape index (κ1) is 18.7. The number of hydrogen-bond donors (Lipinski definition) is 2. The second-order valence-corrected chi connectivity index (χ2v) is 6.90. The van der Waals surface area contributed by atoms with Gasteiger partial charge in [-0.3, -0.25) is 9.59 Å². The molecule has 0 bridgehead atoms. The van der Waals surface area contributed by atoms with Gasteiger partial charge in [-0.1, -0.05) is 18.2 Å². The monoisotopic (exact) mass is 380 g/mol. The minimum atomic E-state index is -0.258. The van der Waals surface area contributed by atoms with E-state index in [0.717, 1.165) is 10.6 Å². The molecule has 1 aromatic heterocycles. The molecule has 1 heterocycles. The first-order valence-electron chi connectivity index (χ1n) is 8.55. The van der Waals surface area contributed by atoms with E-state index in [0.29, 0.717) is 17.9 Å². The minimum absolute atomic E-state index is 0.0459. The molecule has 2 N–H and O–H groups in total. The molecular formula is C20H20N4O2S. The number of anilines is 1. The normalized spacial score (nSPS) is 10.4. The Morgan fingerprint density at radius 2 is 1.74 bits per heavy atom. The number of carbonyl (C=O) groups excluding carboxylic acids is 2. The topological polar surface area (TPSA) is 76.0 Å². The van der Waals surface area contributed by atoms with Crippen molar-refractivity contribution >= 4 is 29.3 Å². The van der Waals surface area contributed by atoms with Crippen LogP contribution in [0.5, 0.6) is 0 Å². The molecule has 6 nitrogen and oxygen atoms in total. The van der Waals surface area contributed by atoms with Crippen LogP contribution in [0.1, 0.15) is 6.42 Å². The first-order valence-corrected chi connectivity index (χ1v) is 9.54. The van der Waals surface area contributed by atoms with Crippen LogP contribution in [0.4, 0.5) is 5.69 Å². The third-order valence-electron chi connectivity index (χ3n) is 3.71. The van der Waals surface area contributed by atoms with E-state index in [9.17, 15) is 9.59 Å². The van der Waals surface area contributed by atoms with Gasteiger partial charge in [0.2, 0.25) is 11.8 Å². The van der Waals surface area contributed by atoms with Gasteiger partial charge in [0.1, 0.15) is 0 Å². The average Bonchev–Trinajstić information content (AvgIpc) is 3.23. The lowest BCUT2D eigenvalue weighted by molar-refractivity contribution is -0.123. The molecule has 0 aliphatic heterocycles. The minimum Gasteiger partial charge on any atom is -0.347 e. The zero-order valence-corrected chi connectivity index (χ0v) is 15.5. The Morgan fingerprint density at radius 1 is 0.963 bits per heavy atom. The van der Waals surface area contributed by atoms with E-state index in [2.05, 4.69) is 15.7 Å². The standard InChI is InChI=1S/C20H20N4O2S/c25-19(11-14-27-18-5-2-1-3-6-18)21-15-20(26)23-16-7-9-17(10-8-16)24-13-4-12-22-24/h1-10,12-13H,11,14-15H2,(H,21,25)(H,23,26). The summed E-state index contributed by atoms with van der Waals surface area (Å²) in [4.78, 5) is 25.0. The van der Waals surface area contributed by atoms with Crippen LogP contribution >= 0.6 is 11.8 Å². The number of benzene rings is 2. The Bertz CT molecular complexity index is 865. The molecule has 7 heteroatoms. The van der Waals surface area contributed by atoms with Crippen LogP contribution in [0.3, 0.4) is 0 Å². The number of hydrogen-bond acceptors (Lipinski definition) is 4. The van der Waals surface area contributed by atoms with E-state index in [1.54, 1.807) is 34.8 Å². The van der Waals surface area contributed by atoms with Crippen molar-refractivity contribution in [1.82, 2.24) is 15.1 Å². The van der Waals surface area contributed by atoms with Gasteiger partial charge in [0, 0.05) is 35.2 Å². The number of aromatic nitrogens is 2. The molecule has 0 unspecified atom stereocenters. The van der Waals surface area contributed by atoms with Crippen molar-refractivity contribution in [2.24, 2.45) is 0 Å². The number of nitrogens with zero attached hydrogens (tertiary/aromatic N) is 2. The van der Waals surface area contributed by atoms with Crippen molar-refractivity contribution in [1.29, 1.82) is 0 Å². The maximum atomic E-state index is 12.0. The first-order chi connectivity index (χ1) is 13.2. The fourth-order valence-corrected chi connectivity index (χ4v) is 3.24. The summed E-state index contributed by atoms with van der Waals surface area (Å²) in [7, 11) is 0. The van der Waals surface area contributed by atoms with Gasteiger partial charge < -0.3 is 10.6 Å². The number of rotatable bonds is 8. The predicted octanol–water partition coefficient (Wildman–Crippen LogP) is 3.11. The largest absolute Gasteiger partial charge is 0.347 e. The number of nitrogens with one attached hydrogen (secondary N) is 2. The number of amides is 2. The highest BCUT2D eigenvalue weighted by molar-refractivity contribution is 7.99. The Hall–Kier alpha value is -3.06. The summed E-state index contributed by atoms with van der Waals surface area (Å²) in [6, 6.07) is 19.1. The van der Waals surface area contributed by atoms with Gasteiger partial charge in [0.25, 0.3) is 0 Å². The Labute approximate surface area is 162 Å². The smallest absolute Gasteiger partial charge is 0.243 e. The molecule has 138 valence electrons. The van der Waals surface area contributed by atoms with Gasteiger partial charge in [-0.2, -0.15) is 5.10 Å². The van der Waals surface area contributed by atoms with Crippen molar-refractivity contribution in [3.63, 3.8) is 0 Å². The van der Waals surface area contributed by atoms with E-state index in [-0.39, 0.29) is 18.4 Å². The van der Waals surface area contributed by atoms with Crippen LogP contribution in [0, 0.1) is 0 Å². The van der Waals surface area contributed by atoms with Crippen LogP contribution in [0.25, 0.3) is 5.69 Å². The van der Waals surface area contributed by atoms with Gasteiger partial charge in [-0.05, 0) is 42.5 Å². The van der Waals surface area contributed by atoms with E-state index < -0.39 is 0 Å². The van der Waals surface area contributed by atoms with E-state index >= 15 is 0 Å². The van der Waals surface area contributed by atoms with E-state index in [1.807, 2.05) is 54.7 Å². The molecule has 0 aliphatic rings. The lowest BCUT2D eigenvalue weighted by atomic mass is 10.3. The van der Waals surface area contributed by atoms with Crippen LogP contribution < -0.4 is 10.6 Å². The van der Waals surface area contributed by atoms with E-state index in [4.69, 9.17) is 0 Å². The highest BCUT2D eigenvalue weighted by Crippen LogP contribution is 2.17. The summed E-state index contributed by atoms with van der Waals surface area (Å²) in [6.07, 6.45) is 3.92. The second kappa shape index (κ2) is 9.59. The fraction of sp³-hybridized carbons (Fsp3) is 0.150. The summed E-state index contributed by atoms with van der Waals surface area (Å²) in [5, 5.41) is 9.56. The fourth-order valence-electron chi connectivity index (χ4n) is 2.37. The van der Waals surface area contributed by atoms with Gasteiger partial charge >= 0.3 is 0 Å². The van der Waals surface area contributed by atoms with Crippen molar-refractivity contribution in [2.75, 3.05) is 17.6 Å². The molecule has 0 spiro atoms. The highest BCUT2D eigenvalue weighted by Gasteiger charge is 2.07. The molecule has 2 amide bonds. The van der Waals surface area contributed by atoms with Gasteiger partial charge in [-0.25, -0.2) is 4.68 Å². The summed E-state index contributed by atoms with van der Waals surface area (Å²) >= 11 is 1.62. The predicted molar refractivity (Wildman–Crippen MR) is 107 cm³/mol. The molecule has 0 saturated heterocycles. The second-order valence-electron chi connectivity index (χ2n) is 5.73. The van der Waals surface area contributed by atoms with Gasteiger partial charge in [0.05, 0.1) is 12.2 Å². The quantitative estimate of drug-likeness (QED) is 0.589. The third-order valence-corrected chi connectivity index (χ3v) is 4.72. The Balaban J connectivity index is 1.37. The summed E-state index contributed by atoms with van der Waals surface area (Å²) in [5.41, 5.74) is 1.58. The molecule has 0 radical (unpaired) electrons.